The first-order chi connectivity index (χ1) is 8.88. The first-order valence-electron chi connectivity index (χ1n) is 6.54. The molecule has 1 N–H and O–H groups in total. The molecule has 1 unspecified atom stereocenters. The lowest BCUT2D eigenvalue weighted by Gasteiger charge is -2.18. The molecule has 0 fully saturated rings. The van der Waals surface area contributed by atoms with E-state index in [0.29, 0.717) is 6.04 Å². The summed E-state index contributed by atoms with van der Waals surface area (Å²) in [5.41, 5.74) is 2.73. The number of rotatable bonds is 6. The summed E-state index contributed by atoms with van der Waals surface area (Å²) in [7, 11) is 0. The van der Waals surface area contributed by atoms with Gasteiger partial charge < -0.3 is 5.32 Å². The van der Waals surface area contributed by atoms with E-state index in [-0.39, 0.29) is 0 Å². The van der Waals surface area contributed by atoms with Crippen molar-refractivity contribution in [3.63, 3.8) is 0 Å². The molecule has 0 spiro atoms. The molecular weight excluding hydrogens is 220 g/mol. The van der Waals surface area contributed by atoms with Crippen LogP contribution in [-0.2, 0) is 12.8 Å². The molecule has 18 heavy (non-hydrogen) atoms. The lowest BCUT2D eigenvalue weighted by atomic mass is 9.99. The van der Waals surface area contributed by atoms with Gasteiger partial charge in [-0.25, -0.2) is 0 Å². The van der Waals surface area contributed by atoms with Crippen molar-refractivity contribution in [1.29, 1.82) is 0 Å². The Labute approximate surface area is 109 Å². The molecular formula is C16H20N2. The number of aromatic nitrogens is 1. The van der Waals surface area contributed by atoms with E-state index >= 15 is 0 Å². The fourth-order valence-corrected chi connectivity index (χ4v) is 2.21. The highest BCUT2D eigenvalue weighted by Gasteiger charge is 2.09. The van der Waals surface area contributed by atoms with Crippen molar-refractivity contribution < 1.29 is 0 Å². The molecule has 1 aromatic carbocycles. The maximum absolute atomic E-state index is 4.06. The number of likely N-dealkylation sites (N-methyl/N-ethyl adjacent to an activating group) is 1. The molecule has 0 aliphatic rings. The van der Waals surface area contributed by atoms with Gasteiger partial charge in [-0.15, -0.1) is 0 Å². The molecule has 2 nitrogen and oxygen atoms in total. The molecule has 0 amide bonds. The molecule has 94 valence electrons. The first-order valence-corrected chi connectivity index (χ1v) is 6.54. The fourth-order valence-electron chi connectivity index (χ4n) is 2.21. The third-order valence-corrected chi connectivity index (χ3v) is 3.05. The number of nitrogens with one attached hydrogen (secondary N) is 1. The van der Waals surface area contributed by atoms with Crippen molar-refractivity contribution in [2.45, 2.75) is 25.8 Å². The maximum Gasteiger partial charge on any atom is 0.0270 e. The number of pyridine rings is 1. The topological polar surface area (TPSA) is 24.9 Å². The fraction of sp³-hybridized carbons (Fsp3) is 0.312. The van der Waals surface area contributed by atoms with Gasteiger partial charge in [0.2, 0.25) is 0 Å². The second-order valence-corrected chi connectivity index (χ2v) is 4.50. The molecule has 0 aliphatic carbocycles. The second kappa shape index (κ2) is 6.92. The summed E-state index contributed by atoms with van der Waals surface area (Å²) < 4.78 is 0. The molecule has 0 aliphatic heterocycles. The second-order valence-electron chi connectivity index (χ2n) is 4.50. The molecule has 2 aromatic rings. The maximum atomic E-state index is 4.06. The summed E-state index contributed by atoms with van der Waals surface area (Å²) in [5, 5.41) is 3.56. The first kappa shape index (κ1) is 12.8. The Bertz CT molecular complexity index is 398. The van der Waals surface area contributed by atoms with Crippen molar-refractivity contribution in [2.75, 3.05) is 6.54 Å². The van der Waals surface area contributed by atoms with Gasteiger partial charge in [0.25, 0.3) is 0 Å². The number of hydrogen-bond acceptors (Lipinski definition) is 2. The van der Waals surface area contributed by atoms with E-state index in [9.17, 15) is 0 Å². The highest BCUT2D eigenvalue weighted by molar-refractivity contribution is 5.18. The molecule has 0 saturated carbocycles. The predicted octanol–water partition coefficient (Wildman–Crippen LogP) is 2.84. The SMILES string of the molecule is CCNC(Cc1ccccc1)Cc1ccncc1. The van der Waals surface area contributed by atoms with E-state index in [1.165, 1.54) is 11.1 Å². The molecule has 1 atom stereocenters. The van der Waals surface area contributed by atoms with Crippen LogP contribution in [0.15, 0.2) is 54.9 Å². The predicted molar refractivity (Wildman–Crippen MR) is 75.6 cm³/mol. The summed E-state index contributed by atoms with van der Waals surface area (Å²) in [6, 6.07) is 15.3. The minimum Gasteiger partial charge on any atom is -0.314 e. The van der Waals surface area contributed by atoms with Crippen LogP contribution in [-0.4, -0.2) is 17.6 Å². The average molecular weight is 240 g/mol. The van der Waals surface area contributed by atoms with Crippen molar-refractivity contribution in [3.8, 4) is 0 Å². The van der Waals surface area contributed by atoms with Gasteiger partial charge in [0.1, 0.15) is 0 Å². The van der Waals surface area contributed by atoms with E-state index in [2.05, 4.69) is 59.7 Å². The largest absolute Gasteiger partial charge is 0.314 e. The van der Waals surface area contributed by atoms with Gasteiger partial charge in [-0.1, -0.05) is 37.3 Å². The summed E-state index contributed by atoms with van der Waals surface area (Å²) in [6.45, 7) is 3.16. The van der Waals surface area contributed by atoms with E-state index < -0.39 is 0 Å². The molecule has 0 bridgehead atoms. The van der Waals surface area contributed by atoms with Gasteiger partial charge in [0.05, 0.1) is 0 Å². The van der Waals surface area contributed by atoms with Crippen LogP contribution in [0.25, 0.3) is 0 Å². The van der Waals surface area contributed by atoms with Crippen LogP contribution in [0.4, 0.5) is 0 Å². The third kappa shape index (κ3) is 3.97. The van der Waals surface area contributed by atoms with Crippen LogP contribution in [0, 0.1) is 0 Å². The zero-order valence-electron chi connectivity index (χ0n) is 10.8. The van der Waals surface area contributed by atoms with Crippen molar-refractivity contribution >= 4 is 0 Å². The molecule has 2 rings (SSSR count). The Morgan fingerprint density at radius 3 is 2.17 bits per heavy atom. The monoisotopic (exact) mass is 240 g/mol. The Morgan fingerprint density at radius 1 is 0.944 bits per heavy atom. The van der Waals surface area contributed by atoms with Gasteiger partial charge in [0, 0.05) is 18.4 Å². The Balaban J connectivity index is 2.00. The summed E-state index contributed by atoms with van der Waals surface area (Å²) >= 11 is 0. The van der Waals surface area contributed by atoms with Gasteiger partial charge in [-0.3, -0.25) is 4.98 Å². The molecule has 0 radical (unpaired) electrons. The number of nitrogens with zero attached hydrogens (tertiary/aromatic N) is 1. The van der Waals surface area contributed by atoms with Crippen molar-refractivity contribution in [3.05, 3.63) is 66.0 Å². The van der Waals surface area contributed by atoms with Crippen LogP contribution in [0.5, 0.6) is 0 Å². The normalized spacial score (nSPS) is 12.3. The highest BCUT2D eigenvalue weighted by Crippen LogP contribution is 2.08. The van der Waals surface area contributed by atoms with Crippen LogP contribution in [0.1, 0.15) is 18.1 Å². The van der Waals surface area contributed by atoms with Gasteiger partial charge in [-0.05, 0) is 42.6 Å². The molecule has 0 saturated heterocycles. The zero-order chi connectivity index (χ0) is 12.6. The third-order valence-electron chi connectivity index (χ3n) is 3.05. The van der Waals surface area contributed by atoms with Crippen LogP contribution in [0.2, 0.25) is 0 Å². The van der Waals surface area contributed by atoms with E-state index in [1.807, 2.05) is 12.4 Å². The minimum absolute atomic E-state index is 0.486. The lowest BCUT2D eigenvalue weighted by molar-refractivity contribution is 0.521. The van der Waals surface area contributed by atoms with Gasteiger partial charge in [-0.2, -0.15) is 0 Å². The number of benzene rings is 1. The van der Waals surface area contributed by atoms with E-state index in [1.54, 1.807) is 0 Å². The average Bonchev–Trinajstić information content (AvgIpc) is 2.41. The van der Waals surface area contributed by atoms with Gasteiger partial charge >= 0.3 is 0 Å². The Kier molecular flexibility index (Phi) is 4.91. The Hall–Kier alpha value is -1.67. The molecule has 1 heterocycles. The molecule has 1 aromatic heterocycles. The standard InChI is InChI=1S/C16H20N2/c1-2-18-16(12-14-6-4-3-5-7-14)13-15-8-10-17-11-9-15/h3-11,16,18H,2,12-13H2,1H3. The van der Waals surface area contributed by atoms with E-state index in [0.717, 1.165) is 19.4 Å². The zero-order valence-corrected chi connectivity index (χ0v) is 10.8. The van der Waals surface area contributed by atoms with Crippen molar-refractivity contribution in [2.24, 2.45) is 0 Å². The van der Waals surface area contributed by atoms with Crippen molar-refractivity contribution in [1.82, 2.24) is 10.3 Å². The highest BCUT2D eigenvalue weighted by atomic mass is 14.9. The van der Waals surface area contributed by atoms with Crippen LogP contribution < -0.4 is 5.32 Å². The van der Waals surface area contributed by atoms with Gasteiger partial charge in [0.15, 0.2) is 0 Å². The quantitative estimate of drug-likeness (QED) is 0.840. The number of hydrogen-bond donors (Lipinski definition) is 1. The summed E-state index contributed by atoms with van der Waals surface area (Å²) in [6.07, 6.45) is 5.84. The van der Waals surface area contributed by atoms with Crippen LogP contribution >= 0.6 is 0 Å². The molecule has 2 heteroatoms. The smallest absolute Gasteiger partial charge is 0.0270 e. The lowest BCUT2D eigenvalue weighted by Crippen LogP contribution is -2.33. The Morgan fingerprint density at radius 2 is 1.56 bits per heavy atom. The summed E-state index contributed by atoms with van der Waals surface area (Å²) in [4.78, 5) is 4.06. The minimum atomic E-state index is 0.486. The van der Waals surface area contributed by atoms with Crippen LogP contribution in [0.3, 0.4) is 0 Å². The van der Waals surface area contributed by atoms with E-state index in [4.69, 9.17) is 0 Å². The summed E-state index contributed by atoms with van der Waals surface area (Å²) in [5.74, 6) is 0.